The predicted octanol–water partition coefficient (Wildman–Crippen LogP) is 0.964. The first kappa shape index (κ1) is 10.5. The topological polar surface area (TPSA) is 3.24 Å². The minimum atomic E-state index is -0.196. The monoisotopic (exact) mass is 193 g/mol. The van der Waals surface area contributed by atoms with Gasteiger partial charge in [0.2, 0.25) is 0 Å². The summed E-state index contributed by atoms with van der Waals surface area (Å²) in [6.07, 6.45) is 0. The molecule has 0 aromatic heterocycles. The quantitative estimate of drug-likeness (QED) is 0.647. The number of benzene rings is 1. The van der Waals surface area contributed by atoms with Crippen molar-refractivity contribution in [1.82, 2.24) is 4.57 Å². The van der Waals surface area contributed by atoms with Crippen molar-refractivity contribution in [3.8, 4) is 0 Å². The normalized spacial score (nSPS) is 11.8. The van der Waals surface area contributed by atoms with Crippen LogP contribution in [0.2, 0.25) is 0 Å². The first-order valence-electron chi connectivity index (χ1n) is 4.87. The van der Waals surface area contributed by atoms with Crippen LogP contribution in [0.3, 0.4) is 0 Å². The van der Waals surface area contributed by atoms with E-state index >= 15 is 0 Å². The molecular weight excluding hydrogens is 174 g/mol. The van der Waals surface area contributed by atoms with E-state index in [0.29, 0.717) is 0 Å². The van der Waals surface area contributed by atoms with Gasteiger partial charge in [-0.1, -0.05) is 36.2 Å². The van der Waals surface area contributed by atoms with Crippen LogP contribution in [0.1, 0.15) is 18.1 Å². The van der Waals surface area contributed by atoms with Crippen molar-refractivity contribution in [3.63, 3.8) is 0 Å². The Labute approximate surface area is 83.7 Å². The Morgan fingerprint density at radius 2 is 1.69 bits per heavy atom. The lowest BCUT2D eigenvalue weighted by molar-refractivity contribution is 0.573. The van der Waals surface area contributed by atoms with Crippen LogP contribution < -0.4 is 5.19 Å². The zero-order valence-electron chi connectivity index (χ0n) is 9.09. The van der Waals surface area contributed by atoms with E-state index in [-0.39, 0.29) is 9.68 Å². The van der Waals surface area contributed by atoms with Crippen molar-refractivity contribution in [3.05, 3.63) is 29.3 Å². The van der Waals surface area contributed by atoms with Crippen LogP contribution in [0.15, 0.2) is 18.2 Å². The Hall–Kier alpha value is -0.603. The van der Waals surface area contributed by atoms with Gasteiger partial charge in [0.05, 0.1) is 0 Å². The van der Waals surface area contributed by atoms with Gasteiger partial charge >= 0.3 is 0 Å². The van der Waals surface area contributed by atoms with Gasteiger partial charge in [-0.25, -0.2) is 0 Å². The summed E-state index contributed by atoms with van der Waals surface area (Å²) in [5.74, 6) is 0. The molecule has 0 spiro atoms. The van der Waals surface area contributed by atoms with E-state index in [2.05, 4.69) is 50.6 Å². The third-order valence-corrected chi connectivity index (χ3v) is 4.03. The molecule has 0 saturated heterocycles. The van der Waals surface area contributed by atoms with Gasteiger partial charge < -0.3 is 4.57 Å². The lowest BCUT2D eigenvalue weighted by Gasteiger charge is -2.13. The molecule has 0 saturated carbocycles. The van der Waals surface area contributed by atoms with E-state index < -0.39 is 0 Å². The Balaban J connectivity index is 2.77. The summed E-state index contributed by atoms with van der Waals surface area (Å²) < 4.78 is 2.45. The molecule has 0 heterocycles. The molecule has 0 radical (unpaired) electrons. The van der Waals surface area contributed by atoms with Crippen molar-refractivity contribution >= 4 is 14.9 Å². The van der Waals surface area contributed by atoms with E-state index in [9.17, 15) is 0 Å². The third kappa shape index (κ3) is 3.33. The second-order valence-electron chi connectivity index (χ2n) is 3.83. The average molecular weight is 193 g/mol. The molecule has 0 amide bonds. The van der Waals surface area contributed by atoms with Gasteiger partial charge in [-0.3, -0.25) is 0 Å². The van der Waals surface area contributed by atoms with Crippen LogP contribution in [0.4, 0.5) is 0 Å². The minimum absolute atomic E-state index is 0.196. The number of nitrogens with zero attached hydrogens (tertiary/aromatic N) is 1. The number of aryl methyl sites for hydroxylation is 2. The summed E-state index contributed by atoms with van der Waals surface area (Å²) >= 11 is 0. The van der Waals surface area contributed by atoms with Crippen LogP contribution >= 0.6 is 0 Å². The van der Waals surface area contributed by atoms with E-state index in [1.165, 1.54) is 17.7 Å². The fourth-order valence-electron chi connectivity index (χ4n) is 1.58. The fraction of sp³-hybridized carbons (Fsp3) is 0.455. The molecule has 72 valence electrons. The molecule has 0 unspecified atom stereocenters. The number of rotatable bonds is 3. The molecule has 0 aliphatic rings. The first-order chi connectivity index (χ1) is 6.11. The Morgan fingerprint density at radius 3 is 2.15 bits per heavy atom. The Morgan fingerprint density at radius 1 is 1.15 bits per heavy atom. The van der Waals surface area contributed by atoms with Crippen molar-refractivity contribution in [1.29, 1.82) is 0 Å². The van der Waals surface area contributed by atoms with Crippen LogP contribution in [0, 0.1) is 13.8 Å². The molecule has 0 atom stereocenters. The highest BCUT2D eigenvalue weighted by molar-refractivity contribution is 6.50. The van der Waals surface area contributed by atoms with Crippen LogP contribution in [0.5, 0.6) is 0 Å². The standard InChI is InChI=1S/C11H19NSi/c1-5-12(4)13-11-7-9(2)6-10(3)8-11/h6-8H,5,13H2,1-4H3. The number of hydrogen-bond donors (Lipinski definition) is 0. The summed E-state index contributed by atoms with van der Waals surface area (Å²) in [5.41, 5.74) is 2.79. The summed E-state index contributed by atoms with van der Waals surface area (Å²) in [6, 6.07) is 6.89. The van der Waals surface area contributed by atoms with Crippen LogP contribution in [0.25, 0.3) is 0 Å². The van der Waals surface area contributed by atoms with Gasteiger partial charge in [0.15, 0.2) is 0 Å². The van der Waals surface area contributed by atoms with Crippen LogP contribution in [-0.2, 0) is 0 Å². The molecule has 0 aliphatic carbocycles. The molecule has 13 heavy (non-hydrogen) atoms. The summed E-state index contributed by atoms with van der Waals surface area (Å²) in [7, 11) is 2.02. The van der Waals surface area contributed by atoms with Crippen molar-refractivity contribution < 1.29 is 0 Å². The molecule has 0 bridgehead atoms. The van der Waals surface area contributed by atoms with Crippen LogP contribution in [-0.4, -0.2) is 27.8 Å². The van der Waals surface area contributed by atoms with E-state index in [1.54, 1.807) is 5.19 Å². The maximum absolute atomic E-state index is 2.45. The van der Waals surface area contributed by atoms with Gasteiger partial charge in [0.1, 0.15) is 9.68 Å². The SMILES string of the molecule is CCN(C)[SiH2]c1cc(C)cc(C)c1. The maximum atomic E-state index is 2.45. The molecule has 2 heteroatoms. The summed E-state index contributed by atoms with van der Waals surface area (Å²) in [4.78, 5) is 0. The smallest absolute Gasteiger partial charge is 0.127 e. The Bertz CT molecular complexity index is 263. The molecule has 1 aromatic carbocycles. The predicted molar refractivity (Wildman–Crippen MR) is 62.4 cm³/mol. The third-order valence-electron chi connectivity index (χ3n) is 2.27. The molecule has 1 rings (SSSR count). The van der Waals surface area contributed by atoms with Gasteiger partial charge in [0.25, 0.3) is 0 Å². The summed E-state index contributed by atoms with van der Waals surface area (Å²) in [5, 5.41) is 1.56. The minimum Gasteiger partial charge on any atom is -0.328 e. The first-order valence-corrected chi connectivity index (χ1v) is 6.21. The highest BCUT2D eigenvalue weighted by Gasteiger charge is 1.99. The van der Waals surface area contributed by atoms with Gasteiger partial charge in [-0.15, -0.1) is 0 Å². The highest BCUT2D eigenvalue weighted by atomic mass is 28.2. The summed E-state index contributed by atoms with van der Waals surface area (Å²) in [6.45, 7) is 7.74. The lowest BCUT2D eigenvalue weighted by Crippen LogP contribution is -2.32. The zero-order chi connectivity index (χ0) is 9.84. The highest BCUT2D eigenvalue weighted by Crippen LogP contribution is 1.99. The molecule has 0 aliphatic heterocycles. The second kappa shape index (κ2) is 4.58. The average Bonchev–Trinajstić information content (AvgIpc) is 2.02. The van der Waals surface area contributed by atoms with Crippen molar-refractivity contribution in [2.45, 2.75) is 20.8 Å². The Kier molecular flexibility index (Phi) is 3.69. The molecule has 0 fully saturated rings. The number of hydrogen-bond acceptors (Lipinski definition) is 1. The maximum Gasteiger partial charge on any atom is 0.127 e. The molecule has 1 aromatic rings. The van der Waals surface area contributed by atoms with Gasteiger partial charge in [-0.2, -0.15) is 0 Å². The largest absolute Gasteiger partial charge is 0.328 e. The van der Waals surface area contributed by atoms with Gasteiger partial charge in [0, 0.05) is 0 Å². The lowest BCUT2D eigenvalue weighted by atomic mass is 10.2. The van der Waals surface area contributed by atoms with Crippen molar-refractivity contribution in [2.24, 2.45) is 0 Å². The molecule has 0 N–H and O–H groups in total. The second-order valence-corrected chi connectivity index (χ2v) is 6.04. The van der Waals surface area contributed by atoms with E-state index in [4.69, 9.17) is 0 Å². The van der Waals surface area contributed by atoms with Crippen molar-refractivity contribution in [2.75, 3.05) is 13.6 Å². The zero-order valence-corrected chi connectivity index (χ0v) is 10.5. The van der Waals surface area contributed by atoms with E-state index in [0.717, 1.165) is 0 Å². The molecule has 1 nitrogen and oxygen atoms in total. The van der Waals surface area contributed by atoms with E-state index in [1.807, 2.05) is 0 Å². The molecular formula is C11H19NSi. The fourth-order valence-corrected chi connectivity index (χ4v) is 3.26. The van der Waals surface area contributed by atoms with Gasteiger partial charge in [-0.05, 0) is 32.6 Å².